The summed E-state index contributed by atoms with van der Waals surface area (Å²) in [6.45, 7) is 7.38. The number of allylic oxidation sites excluding steroid dienone is 1. The second-order valence-corrected chi connectivity index (χ2v) is 17.0. The van der Waals surface area contributed by atoms with Crippen LogP contribution in [0, 0.1) is 0 Å². The Morgan fingerprint density at radius 3 is 1.52 bits per heavy atom. The van der Waals surface area contributed by atoms with Gasteiger partial charge in [-0.1, -0.05) is 64.7 Å². The van der Waals surface area contributed by atoms with Crippen LogP contribution in [0.5, 0.6) is 0 Å². The van der Waals surface area contributed by atoms with E-state index in [1.165, 1.54) is 109 Å². The second kappa shape index (κ2) is 22.5. The average molecular weight is 656 g/mol. The van der Waals surface area contributed by atoms with Crippen molar-refractivity contribution in [3.8, 4) is 0 Å². The molecule has 0 spiro atoms. The number of hydrogen-bond donors (Lipinski definition) is 0. The fourth-order valence-corrected chi connectivity index (χ4v) is 11.9. The first-order valence-corrected chi connectivity index (χ1v) is 19.3. The maximum Gasteiger partial charge on any atom is -1.00 e. The van der Waals surface area contributed by atoms with Crippen LogP contribution in [0.3, 0.4) is 0 Å². The minimum Gasteiger partial charge on any atom is -1.00 e. The molecule has 0 saturated carbocycles. The SMILES string of the molecule is CCCCCCCCCCCCCCCCCC[Si](C)(C1=C(C)[CH]([Ti+3])c2ccccc21)c1ccccc1.[Cl-].[Cl-].[Cl-]. The van der Waals surface area contributed by atoms with Gasteiger partial charge in [0.1, 0.15) is 0 Å². The van der Waals surface area contributed by atoms with Gasteiger partial charge in [-0.05, 0) is 0 Å². The van der Waals surface area contributed by atoms with E-state index in [1.807, 2.05) is 0 Å². The van der Waals surface area contributed by atoms with Crippen LogP contribution in [0.15, 0.2) is 60.2 Å². The molecular formula is C35H53Cl3SiTi. The summed E-state index contributed by atoms with van der Waals surface area (Å²) in [5, 5.41) is 3.36. The van der Waals surface area contributed by atoms with Crippen LogP contribution in [0.4, 0.5) is 0 Å². The topological polar surface area (TPSA) is 0 Å². The van der Waals surface area contributed by atoms with Gasteiger partial charge in [0.25, 0.3) is 0 Å². The summed E-state index contributed by atoms with van der Waals surface area (Å²) < 4.78 is 0.563. The molecule has 0 radical (unpaired) electrons. The van der Waals surface area contributed by atoms with Crippen molar-refractivity contribution in [2.75, 3.05) is 0 Å². The predicted molar refractivity (Wildman–Crippen MR) is 164 cm³/mol. The number of unbranched alkanes of at least 4 members (excludes halogenated alkanes) is 15. The van der Waals surface area contributed by atoms with E-state index < -0.39 is 8.07 Å². The molecule has 0 aromatic heterocycles. The molecule has 2 aromatic rings. The smallest absolute Gasteiger partial charge is 1.00 e. The van der Waals surface area contributed by atoms with Crippen molar-refractivity contribution in [1.82, 2.24) is 0 Å². The van der Waals surface area contributed by atoms with Crippen LogP contribution in [0.2, 0.25) is 12.6 Å². The van der Waals surface area contributed by atoms with E-state index in [0.717, 1.165) is 0 Å². The third kappa shape index (κ3) is 11.9. The molecule has 40 heavy (non-hydrogen) atoms. The average Bonchev–Trinajstić information content (AvgIpc) is 3.19. The Labute approximate surface area is 279 Å². The molecule has 222 valence electrons. The van der Waals surface area contributed by atoms with Crippen LogP contribution in [0.1, 0.15) is 132 Å². The van der Waals surface area contributed by atoms with Crippen LogP contribution >= 0.6 is 0 Å². The predicted octanol–water partition coefficient (Wildman–Crippen LogP) is 1.86. The molecule has 0 amide bonds. The van der Waals surface area contributed by atoms with Gasteiger partial charge in [0.15, 0.2) is 0 Å². The number of hydrogen-bond acceptors (Lipinski definition) is 0. The molecule has 2 unspecified atom stereocenters. The Morgan fingerprint density at radius 2 is 1.02 bits per heavy atom. The standard InChI is InChI=1S/C35H53Si.3ClH.Ti/c1-4-5-6-7-8-9-10-11-12-13-14-15-16-17-18-24-29-36(3,33-26-20-19-21-27-33)35-31(2)30-32-25-22-23-28-34(32)35;;;;/h19-23,25-28,30H,4-18,24,29H2,1-3H3;3*1H;/q;;;;+3/p-3. The third-order valence-corrected chi connectivity index (χ3v) is 14.8. The maximum atomic E-state index is 2.65. The first kappa shape index (κ1) is 40.0. The zero-order valence-electron chi connectivity index (χ0n) is 25.4. The molecule has 0 heterocycles. The molecule has 2 aromatic carbocycles. The summed E-state index contributed by atoms with van der Waals surface area (Å²) in [6.07, 6.45) is 23.0. The third-order valence-electron chi connectivity index (χ3n) is 8.86. The van der Waals surface area contributed by atoms with Gasteiger partial charge in [-0.2, -0.15) is 0 Å². The zero-order chi connectivity index (χ0) is 26.3. The molecule has 1 aliphatic carbocycles. The van der Waals surface area contributed by atoms with E-state index in [1.54, 1.807) is 27.1 Å². The first-order valence-electron chi connectivity index (χ1n) is 15.7. The van der Waals surface area contributed by atoms with Gasteiger partial charge in [-0.25, -0.2) is 0 Å². The Morgan fingerprint density at radius 1 is 0.600 bits per heavy atom. The molecule has 0 fully saturated rings. The second-order valence-electron chi connectivity index (χ2n) is 11.8. The van der Waals surface area contributed by atoms with Crippen molar-refractivity contribution >= 4 is 18.5 Å². The van der Waals surface area contributed by atoms with Crippen LogP contribution in [-0.4, -0.2) is 8.07 Å². The summed E-state index contributed by atoms with van der Waals surface area (Å²) in [5.41, 5.74) is 4.74. The first-order chi connectivity index (χ1) is 18.1. The molecule has 0 saturated heterocycles. The van der Waals surface area contributed by atoms with Crippen molar-refractivity contribution in [3.63, 3.8) is 0 Å². The van der Waals surface area contributed by atoms with Gasteiger partial charge >= 0.3 is 179 Å². The monoisotopic (exact) mass is 654 g/mol. The molecule has 0 nitrogen and oxygen atoms in total. The van der Waals surface area contributed by atoms with E-state index in [-0.39, 0.29) is 37.2 Å². The van der Waals surface area contributed by atoms with Crippen LogP contribution in [-0.2, 0) is 20.4 Å². The molecule has 5 heteroatoms. The summed E-state index contributed by atoms with van der Waals surface area (Å²) in [7, 11) is -1.78. The van der Waals surface area contributed by atoms with E-state index in [9.17, 15) is 0 Å². The summed E-state index contributed by atoms with van der Waals surface area (Å²) in [4.78, 5) is 0. The minimum absolute atomic E-state index is 0. The molecule has 0 N–H and O–H groups in total. The van der Waals surface area contributed by atoms with Crippen molar-refractivity contribution in [3.05, 3.63) is 71.3 Å². The number of fused-ring (bicyclic) bond motifs is 1. The van der Waals surface area contributed by atoms with E-state index in [0.29, 0.717) is 4.22 Å². The summed E-state index contributed by atoms with van der Waals surface area (Å²) >= 11 is 2.41. The molecule has 0 bridgehead atoms. The van der Waals surface area contributed by atoms with Crippen molar-refractivity contribution < 1.29 is 57.7 Å². The van der Waals surface area contributed by atoms with Gasteiger partial charge in [0.05, 0.1) is 0 Å². The van der Waals surface area contributed by atoms with E-state index in [4.69, 9.17) is 0 Å². The van der Waals surface area contributed by atoms with Crippen LogP contribution < -0.4 is 42.4 Å². The van der Waals surface area contributed by atoms with E-state index >= 15 is 0 Å². The Bertz CT molecular complexity index is 949. The largest absolute Gasteiger partial charge is 1.00 e. The number of halogens is 3. The molecule has 0 aliphatic heterocycles. The fraction of sp³-hybridized carbons (Fsp3) is 0.600. The Kier molecular flexibility index (Phi) is 22.5. The van der Waals surface area contributed by atoms with Crippen LogP contribution in [0.25, 0.3) is 5.20 Å². The zero-order valence-corrected chi connectivity index (χ0v) is 30.3. The number of benzene rings is 2. The maximum absolute atomic E-state index is 2.65. The summed E-state index contributed by atoms with van der Waals surface area (Å²) in [6, 6.07) is 22.2. The Hall–Kier alpha value is -0.0188. The summed E-state index contributed by atoms with van der Waals surface area (Å²) in [5.74, 6) is 0. The number of rotatable bonds is 19. The quantitative estimate of drug-likeness (QED) is 0.160. The van der Waals surface area contributed by atoms with Gasteiger partial charge in [0, 0.05) is 0 Å². The molecule has 1 aliphatic rings. The van der Waals surface area contributed by atoms with Crippen molar-refractivity contribution in [2.24, 2.45) is 0 Å². The van der Waals surface area contributed by atoms with Gasteiger partial charge < -0.3 is 37.2 Å². The van der Waals surface area contributed by atoms with Crippen molar-refractivity contribution in [1.29, 1.82) is 0 Å². The fourth-order valence-electron chi connectivity index (χ4n) is 6.55. The molecule has 3 rings (SSSR count). The van der Waals surface area contributed by atoms with Gasteiger partial charge in [-0.3, -0.25) is 0 Å². The minimum atomic E-state index is -1.78. The molecular weight excluding hydrogens is 603 g/mol. The van der Waals surface area contributed by atoms with Gasteiger partial charge in [0.2, 0.25) is 0 Å². The van der Waals surface area contributed by atoms with Crippen molar-refractivity contribution in [2.45, 2.75) is 133 Å². The van der Waals surface area contributed by atoms with E-state index in [2.05, 4.69) is 95.4 Å². The Balaban J connectivity index is 0.00000507. The normalized spacial score (nSPS) is 15.5. The van der Waals surface area contributed by atoms with Gasteiger partial charge in [-0.15, -0.1) is 0 Å². The molecule has 2 atom stereocenters.